The fourth-order valence-electron chi connectivity index (χ4n) is 4.27. The zero-order valence-electron chi connectivity index (χ0n) is 19.1. The molecule has 32 heavy (non-hydrogen) atoms. The second-order valence-corrected chi connectivity index (χ2v) is 10.5. The van der Waals surface area contributed by atoms with Gasteiger partial charge < -0.3 is 9.30 Å². The summed E-state index contributed by atoms with van der Waals surface area (Å²) in [4.78, 5) is 32.8. The van der Waals surface area contributed by atoms with Crippen LogP contribution in [0.25, 0.3) is 10.2 Å². The van der Waals surface area contributed by atoms with Gasteiger partial charge in [-0.2, -0.15) is 0 Å². The molecule has 0 N–H and O–H groups in total. The molecule has 0 saturated carbocycles. The van der Waals surface area contributed by atoms with Crippen molar-refractivity contribution in [1.29, 1.82) is 0 Å². The summed E-state index contributed by atoms with van der Waals surface area (Å²) in [6, 6.07) is 1.96. The van der Waals surface area contributed by atoms with Gasteiger partial charge in [-0.15, -0.1) is 17.9 Å². The van der Waals surface area contributed by atoms with Crippen LogP contribution in [-0.2, 0) is 17.8 Å². The highest BCUT2D eigenvalue weighted by Crippen LogP contribution is 2.29. The van der Waals surface area contributed by atoms with E-state index < -0.39 is 0 Å². The Morgan fingerprint density at radius 2 is 2.12 bits per heavy atom. The summed E-state index contributed by atoms with van der Waals surface area (Å²) in [7, 11) is 0. The van der Waals surface area contributed by atoms with Crippen LogP contribution in [-0.4, -0.2) is 38.4 Å². The van der Waals surface area contributed by atoms with Crippen molar-refractivity contribution in [3.63, 3.8) is 0 Å². The highest BCUT2D eigenvalue weighted by atomic mass is 32.2. The van der Waals surface area contributed by atoms with Gasteiger partial charge in [0.05, 0.1) is 17.2 Å². The van der Waals surface area contributed by atoms with Gasteiger partial charge in [0.15, 0.2) is 10.9 Å². The van der Waals surface area contributed by atoms with Crippen molar-refractivity contribution < 1.29 is 9.53 Å². The number of ketones is 1. The summed E-state index contributed by atoms with van der Waals surface area (Å²) >= 11 is 2.84. The topological polar surface area (TPSA) is 66.1 Å². The Bertz CT molecular complexity index is 1250. The largest absolute Gasteiger partial charge is 0.376 e. The third-order valence-electron chi connectivity index (χ3n) is 6.18. The summed E-state index contributed by atoms with van der Waals surface area (Å²) in [5.74, 6) is 0.266. The van der Waals surface area contributed by atoms with Gasteiger partial charge in [-0.3, -0.25) is 14.2 Å². The molecule has 8 heteroatoms. The number of nitrogens with zero attached hydrogens (tertiary/aromatic N) is 3. The lowest BCUT2D eigenvalue weighted by Crippen LogP contribution is -2.23. The molecular weight excluding hydrogens is 442 g/mol. The van der Waals surface area contributed by atoms with E-state index in [0.29, 0.717) is 17.1 Å². The maximum atomic E-state index is 13.1. The Hall–Kier alpha value is -2.16. The summed E-state index contributed by atoms with van der Waals surface area (Å²) < 4.78 is 9.58. The van der Waals surface area contributed by atoms with E-state index in [0.717, 1.165) is 58.2 Å². The first kappa shape index (κ1) is 23.0. The minimum Gasteiger partial charge on any atom is -0.376 e. The molecule has 4 rings (SSSR count). The van der Waals surface area contributed by atoms with Gasteiger partial charge in [-0.05, 0) is 52.2 Å². The summed E-state index contributed by atoms with van der Waals surface area (Å²) in [5, 5.41) is 1.23. The number of thiophene rings is 1. The smallest absolute Gasteiger partial charge is 0.263 e. The third-order valence-corrected chi connectivity index (χ3v) is 8.26. The first-order valence-electron chi connectivity index (χ1n) is 10.9. The highest BCUT2D eigenvalue weighted by Gasteiger charge is 2.22. The molecule has 1 aliphatic rings. The molecule has 0 aromatic carbocycles. The van der Waals surface area contributed by atoms with Crippen molar-refractivity contribution >= 4 is 39.1 Å². The van der Waals surface area contributed by atoms with Crippen LogP contribution >= 0.6 is 23.1 Å². The summed E-state index contributed by atoms with van der Waals surface area (Å²) in [6.07, 6.45) is 4.07. The fourth-order valence-corrected chi connectivity index (χ4v) is 6.24. The number of carbonyl (C=O) groups is 1. The molecule has 1 atom stereocenters. The van der Waals surface area contributed by atoms with Crippen LogP contribution in [0.3, 0.4) is 0 Å². The summed E-state index contributed by atoms with van der Waals surface area (Å²) in [5.41, 5.74) is 3.68. The average Bonchev–Trinajstić information content (AvgIpc) is 3.44. The second kappa shape index (κ2) is 9.37. The van der Waals surface area contributed by atoms with E-state index in [2.05, 4.69) is 11.1 Å². The van der Waals surface area contributed by atoms with Crippen LogP contribution in [0.1, 0.15) is 45.0 Å². The number of fused-ring (bicyclic) bond motifs is 1. The highest BCUT2D eigenvalue weighted by molar-refractivity contribution is 7.99. The van der Waals surface area contributed by atoms with Crippen molar-refractivity contribution in [2.75, 3.05) is 12.4 Å². The predicted octanol–water partition coefficient (Wildman–Crippen LogP) is 4.83. The van der Waals surface area contributed by atoms with E-state index in [4.69, 9.17) is 9.72 Å². The van der Waals surface area contributed by atoms with Crippen LogP contribution in [0, 0.1) is 27.7 Å². The normalized spacial score (nSPS) is 16.2. The van der Waals surface area contributed by atoms with Gasteiger partial charge in [0.25, 0.3) is 5.56 Å². The number of rotatable bonds is 8. The monoisotopic (exact) mass is 471 g/mol. The van der Waals surface area contributed by atoms with E-state index in [-0.39, 0.29) is 23.2 Å². The number of hydrogen-bond donors (Lipinski definition) is 0. The quantitative estimate of drug-likeness (QED) is 0.204. The molecule has 3 aromatic rings. The van der Waals surface area contributed by atoms with Gasteiger partial charge in [-0.25, -0.2) is 4.98 Å². The standard InChI is InChI=1S/C24H29N3O3S2/c1-6-9-26-23(29)21-15(3)17(5)32-22(21)25-24(26)31-13-20(28)19-11-14(2)27(16(19)4)12-18-8-7-10-30-18/h6,11,18H,1,7-10,12-13H2,2-5H3/t18-/m0/s1. The lowest BCUT2D eigenvalue weighted by Gasteiger charge is -2.15. The van der Waals surface area contributed by atoms with E-state index >= 15 is 0 Å². The Labute approximate surface area is 196 Å². The van der Waals surface area contributed by atoms with E-state index in [1.165, 1.54) is 23.1 Å². The van der Waals surface area contributed by atoms with Crippen molar-refractivity contribution in [3.8, 4) is 0 Å². The number of Topliss-reactive ketones (excluding diaryl/α,β-unsaturated/α-hetero) is 1. The number of thioether (sulfide) groups is 1. The van der Waals surface area contributed by atoms with Crippen LogP contribution in [0.5, 0.6) is 0 Å². The minimum atomic E-state index is -0.0681. The lowest BCUT2D eigenvalue weighted by atomic mass is 10.2. The zero-order chi connectivity index (χ0) is 23.0. The molecule has 0 aliphatic carbocycles. The van der Waals surface area contributed by atoms with Gasteiger partial charge in [-0.1, -0.05) is 17.8 Å². The summed E-state index contributed by atoms with van der Waals surface area (Å²) in [6.45, 7) is 13.7. The number of aromatic nitrogens is 3. The first-order valence-corrected chi connectivity index (χ1v) is 12.7. The Balaban J connectivity index is 1.58. The van der Waals surface area contributed by atoms with Gasteiger partial charge in [0, 0.05) is 41.5 Å². The molecule has 4 heterocycles. The molecule has 0 unspecified atom stereocenters. The van der Waals surface area contributed by atoms with Crippen LogP contribution in [0.15, 0.2) is 28.7 Å². The van der Waals surface area contributed by atoms with Gasteiger partial charge in [0.2, 0.25) is 0 Å². The van der Waals surface area contributed by atoms with Crippen molar-refractivity contribution in [2.24, 2.45) is 0 Å². The maximum Gasteiger partial charge on any atom is 0.263 e. The molecule has 0 amide bonds. The Morgan fingerprint density at radius 1 is 1.34 bits per heavy atom. The number of hydrogen-bond acceptors (Lipinski definition) is 6. The zero-order valence-corrected chi connectivity index (χ0v) is 20.7. The van der Waals surface area contributed by atoms with E-state index in [1.54, 1.807) is 10.6 Å². The van der Waals surface area contributed by atoms with E-state index in [9.17, 15) is 9.59 Å². The first-order chi connectivity index (χ1) is 15.3. The number of carbonyl (C=O) groups excluding carboxylic acids is 1. The van der Waals surface area contributed by atoms with Gasteiger partial charge >= 0.3 is 0 Å². The van der Waals surface area contributed by atoms with Gasteiger partial charge in [0.1, 0.15) is 4.83 Å². The molecule has 1 aliphatic heterocycles. The molecule has 170 valence electrons. The average molecular weight is 472 g/mol. The molecule has 1 fully saturated rings. The Morgan fingerprint density at radius 3 is 2.81 bits per heavy atom. The van der Waals surface area contributed by atoms with Crippen molar-refractivity contribution in [2.45, 2.75) is 64.9 Å². The van der Waals surface area contributed by atoms with Crippen molar-refractivity contribution in [1.82, 2.24) is 14.1 Å². The predicted molar refractivity (Wildman–Crippen MR) is 131 cm³/mol. The second-order valence-electron chi connectivity index (χ2n) is 8.30. The molecule has 3 aromatic heterocycles. The minimum absolute atomic E-state index is 0.0414. The number of allylic oxidation sites excluding steroid dienone is 1. The molecule has 6 nitrogen and oxygen atoms in total. The van der Waals surface area contributed by atoms with Crippen LogP contribution in [0.2, 0.25) is 0 Å². The maximum absolute atomic E-state index is 13.1. The van der Waals surface area contributed by atoms with Crippen molar-refractivity contribution in [3.05, 3.63) is 56.5 Å². The molecule has 0 radical (unpaired) electrons. The fraction of sp³-hybridized carbons (Fsp3) is 0.458. The number of ether oxygens (including phenoxy) is 1. The molecule has 1 saturated heterocycles. The number of aryl methyl sites for hydroxylation is 3. The van der Waals surface area contributed by atoms with Crippen LogP contribution in [0.4, 0.5) is 0 Å². The molecule has 0 bridgehead atoms. The van der Waals surface area contributed by atoms with E-state index in [1.807, 2.05) is 33.8 Å². The van der Waals surface area contributed by atoms with Crippen LogP contribution < -0.4 is 5.56 Å². The molecule has 0 spiro atoms. The SMILES string of the molecule is C=CCn1c(SCC(=O)c2cc(C)n(C[C@@H]3CCCO3)c2C)nc2sc(C)c(C)c2c1=O. The third kappa shape index (κ3) is 4.23. The molecular formula is C24H29N3O3S2. The Kier molecular flexibility index (Phi) is 6.74. The lowest BCUT2D eigenvalue weighted by molar-refractivity contribution is 0.0957.